The number of fused-ring (bicyclic) bond motifs is 1. The lowest BCUT2D eigenvalue weighted by Crippen LogP contribution is -2.27. The van der Waals surface area contributed by atoms with E-state index in [1.807, 2.05) is 69.3 Å². The second-order valence-corrected chi connectivity index (χ2v) is 6.12. The van der Waals surface area contributed by atoms with Gasteiger partial charge in [0.2, 0.25) is 0 Å². The van der Waals surface area contributed by atoms with E-state index in [2.05, 4.69) is 4.98 Å². The Hall–Kier alpha value is -2.62. The van der Waals surface area contributed by atoms with Gasteiger partial charge in [0.05, 0.1) is 16.7 Å². The fraction of sp³-hybridized carbons (Fsp3) is 0.222. The van der Waals surface area contributed by atoms with E-state index >= 15 is 0 Å². The van der Waals surface area contributed by atoms with Gasteiger partial charge in [-0.25, -0.2) is 9.36 Å². The molecule has 3 aromatic rings. The molecule has 4 nitrogen and oxygen atoms in total. The summed E-state index contributed by atoms with van der Waals surface area (Å²) in [5, 5.41) is 0. The predicted octanol–water partition coefficient (Wildman–Crippen LogP) is 4.49. The molecule has 4 heteroatoms. The number of pyridine rings is 1. The zero-order valence-corrected chi connectivity index (χ0v) is 12.9. The van der Waals surface area contributed by atoms with Gasteiger partial charge in [-0.1, -0.05) is 30.3 Å². The third-order valence-corrected chi connectivity index (χ3v) is 3.22. The van der Waals surface area contributed by atoms with Crippen LogP contribution in [0.4, 0.5) is 4.79 Å². The fourth-order valence-electron chi connectivity index (χ4n) is 2.36. The highest BCUT2D eigenvalue weighted by Crippen LogP contribution is 2.28. The molecule has 0 aliphatic carbocycles. The van der Waals surface area contributed by atoms with Gasteiger partial charge in [0.15, 0.2) is 0 Å². The smallest absolute Gasteiger partial charge is 0.419 e. The second-order valence-electron chi connectivity index (χ2n) is 6.12. The number of nitrogens with zero attached hydrogens (tertiary/aromatic N) is 2. The van der Waals surface area contributed by atoms with Crippen molar-refractivity contribution in [2.75, 3.05) is 0 Å². The molecule has 0 bridgehead atoms. The lowest BCUT2D eigenvalue weighted by molar-refractivity contribution is 0.0547. The standard InChI is InChI=1S/C18H18N2O2/c1-18(2,3)22-17(21)20-15-10-7-11-19-14(15)12-16(20)13-8-5-4-6-9-13/h4-12H,1-3H3. The minimum Gasteiger partial charge on any atom is -0.443 e. The summed E-state index contributed by atoms with van der Waals surface area (Å²) in [6.07, 6.45) is 1.32. The third-order valence-electron chi connectivity index (χ3n) is 3.22. The van der Waals surface area contributed by atoms with E-state index in [4.69, 9.17) is 4.74 Å². The summed E-state index contributed by atoms with van der Waals surface area (Å²) >= 11 is 0. The molecule has 0 radical (unpaired) electrons. The van der Waals surface area contributed by atoms with Crippen LogP contribution in [-0.2, 0) is 4.74 Å². The van der Waals surface area contributed by atoms with Crippen molar-refractivity contribution in [1.82, 2.24) is 9.55 Å². The Morgan fingerprint density at radius 3 is 2.50 bits per heavy atom. The summed E-state index contributed by atoms with van der Waals surface area (Å²) in [7, 11) is 0. The van der Waals surface area contributed by atoms with Gasteiger partial charge in [-0.15, -0.1) is 0 Å². The molecule has 112 valence electrons. The molecule has 0 aliphatic heterocycles. The van der Waals surface area contributed by atoms with Crippen LogP contribution < -0.4 is 0 Å². The highest BCUT2D eigenvalue weighted by molar-refractivity contribution is 5.94. The van der Waals surface area contributed by atoms with Gasteiger partial charge in [0.25, 0.3) is 0 Å². The van der Waals surface area contributed by atoms with Crippen LogP contribution in [0.2, 0.25) is 0 Å². The maximum absolute atomic E-state index is 12.6. The Labute approximate surface area is 129 Å². The molecule has 2 heterocycles. The Bertz CT molecular complexity index is 814. The van der Waals surface area contributed by atoms with Gasteiger partial charge in [0, 0.05) is 6.20 Å². The topological polar surface area (TPSA) is 44.1 Å². The second kappa shape index (κ2) is 5.30. The largest absolute Gasteiger partial charge is 0.443 e. The summed E-state index contributed by atoms with van der Waals surface area (Å²) in [6, 6.07) is 15.4. The molecule has 0 amide bonds. The molecule has 3 rings (SSSR count). The van der Waals surface area contributed by atoms with Gasteiger partial charge >= 0.3 is 6.09 Å². The van der Waals surface area contributed by atoms with Gasteiger partial charge in [-0.3, -0.25) is 4.98 Å². The fourth-order valence-corrected chi connectivity index (χ4v) is 2.36. The molecule has 2 aromatic heterocycles. The van der Waals surface area contributed by atoms with Crippen LogP contribution >= 0.6 is 0 Å². The average molecular weight is 294 g/mol. The molecular weight excluding hydrogens is 276 g/mol. The van der Waals surface area contributed by atoms with Crippen LogP contribution in [0.25, 0.3) is 22.3 Å². The number of hydrogen-bond acceptors (Lipinski definition) is 3. The molecular formula is C18H18N2O2. The summed E-state index contributed by atoms with van der Waals surface area (Å²) in [6.45, 7) is 5.57. The number of aromatic nitrogens is 2. The highest BCUT2D eigenvalue weighted by atomic mass is 16.6. The minimum atomic E-state index is -0.552. The predicted molar refractivity (Wildman–Crippen MR) is 86.8 cm³/mol. The summed E-state index contributed by atoms with van der Waals surface area (Å²) in [4.78, 5) is 17.0. The minimum absolute atomic E-state index is 0.394. The molecule has 0 fully saturated rings. The van der Waals surface area contributed by atoms with Crippen LogP contribution in [0, 0.1) is 0 Å². The number of ether oxygens (including phenoxy) is 1. The zero-order valence-electron chi connectivity index (χ0n) is 12.9. The number of hydrogen-bond donors (Lipinski definition) is 0. The lowest BCUT2D eigenvalue weighted by Gasteiger charge is -2.21. The van der Waals surface area contributed by atoms with E-state index in [-0.39, 0.29) is 0 Å². The van der Waals surface area contributed by atoms with Gasteiger partial charge in [-0.05, 0) is 44.5 Å². The van der Waals surface area contributed by atoms with Crippen molar-refractivity contribution in [3.63, 3.8) is 0 Å². The van der Waals surface area contributed by atoms with Gasteiger partial charge < -0.3 is 4.74 Å². The first-order valence-electron chi connectivity index (χ1n) is 7.21. The van der Waals surface area contributed by atoms with Crippen molar-refractivity contribution in [3.8, 4) is 11.3 Å². The monoisotopic (exact) mass is 294 g/mol. The van der Waals surface area contributed by atoms with Gasteiger partial charge in [-0.2, -0.15) is 0 Å². The molecule has 0 N–H and O–H groups in total. The van der Waals surface area contributed by atoms with E-state index in [0.29, 0.717) is 0 Å². The number of carbonyl (C=O) groups excluding carboxylic acids is 1. The lowest BCUT2D eigenvalue weighted by atomic mass is 10.1. The van der Waals surface area contributed by atoms with E-state index in [1.54, 1.807) is 10.8 Å². The van der Waals surface area contributed by atoms with Crippen LogP contribution in [0.15, 0.2) is 54.7 Å². The Morgan fingerprint density at radius 2 is 1.82 bits per heavy atom. The van der Waals surface area contributed by atoms with E-state index in [9.17, 15) is 4.79 Å². The Morgan fingerprint density at radius 1 is 1.09 bits per heavy atom. The first-order chi connectivity index (χ1) is 10.5. The molecule has 0 atom stereocenters. The number of benzene rings is 1. The Balaban J connectivity index is 2.20. The molecule has 0 saturated heterocycles. The van der Waals surface area contributed by atoms with Crippen molar-refractivity contribution < 1.29 is 9.53 Å². The third kappa shape index (κ3) is 2.72. The van der Waals surface area contributed by atoms with Crippen LogP contribution in [0.5, 0.6) is 0 Å². The number of rotatable bonds is 1. The maximum Gasteiger partial charge on any atom is 0.419 e. The molecule has 0 spiro atoms. The SMILES string of the molecule is CC(C)(C)OC(=O)n1c(-c2ccccc2)cc2ncccc21. The van der Waals surface area contributed by atoms with E-state index < -0.39 is 11.7 Å². The van der Waals surface area contributed by atoms with E-state index in [0.717, 1.165) is 22.3 Å². The molecule has 0 aliphatic rings. The highest BCUT2D eigenvalue weighted by Gasteiger charge is 2.22. The number of carbonyl (C=O) groups is 1. The van der Waals surface area contributed by atoms with Crippen molar-refractivity contribution in [1.29, 1.82) is 0 Å². The van der Waals surface area contributed by atoms with Crippen molar-refractivity contribution in [2.45, 2.75) is 26.4 Å². The average Bonchev–Trinajstić information content (AvgIpc) is 2.86. The van der Waals surface area contributed by atoms with Crippen molar-refractivity contribution >= 4 is 17.1 Å². The first kappa shape index (κ1) is 14.3. The van der Waals surface area contributed by atoms with Gasteiger partial charge in [0.1, 0.15) is 5.60 Å². The normalized spacial score (nSPS) is 11.6. The zero-order chi connectivity index (χ0) is 15.7. The summed E-state index contributed by atoms with van der Waals surface area (Å²) in [5.74, 6) is 0. The Kier molecular flexibility index (Phi) is 3.45. The summed E-state index contributed by atoms with van der Waals surface area (Å²) in [5.41, 5.74) is 2.70. The molecule has 0 saturated carbocycles. The van der Waals surface area contributed by atoms with E-state index in [1.165, 1.54) is 0 Å². The molecule has 0 unspecified atom stereocenters. The quantitative estimate of drug-likeness (QED) is 0.664. The molecule has 22 heavy (non-hydrogen) atoms. The molecule has 1 aromatic carbocycles. The summed E-state index contributed by atoms with van der Waals surface area (Å²) < 4.78 is 7.13. The van der Waals surface area contributed by atoms with Crippen molar-refractivity contribution in [2.24, 2.45) is 0 Å². The van der Waals surface area contributed by atoms with Crippen LogP contribution in [0.1, 0.15) is 20.8 Å². The maximum atomic E-state index is 12.6. The van der Waals surface area contributed by atoms with Crippen molar-refractivity contribution in [3.05, 3.63) is 54.7 Å². The van der Waals surface area contributed by atoms with Crippen LogP contribution in [0.3, 0.4) is 0 Å². The first-order valence-corrected chi connectivity index (χ1v) is 7.21. The van der Waals surface area contributed by atoms with Crippen LogP contribution in [-0.4, -0.2) is 21.2 Å².